The Bertz CT molecular complexity index is 367. The highest BCUT2D eigenvalue weighted by atomic mass is 16.2. The average Bonchev–Trinajstić information content (AvgIpc) is 2.48. The van der Waals surface area contributed by atoms with Crippen LogP contribution in [-0.4, -0.2) is 41.9 Å². The Kier molecular flexibility index (Phi) is 6.03. The minimum Gasteiger partial charge on any atom is -0.353 e. The number of nitrogens with zero attached hydrogens (tertiary/aromatic N) is 1. The van der Waals surface area contributed by atoms with Gasteiger partial charge in [-0.05, 0) is 32.6 Å². The maximum Gasteiger partial charge on any atom is 0.224 e. The van der Waals surface area contributed by atoms with E-state index in [9.17, 15) is 9.59 Å². The topological polar surface area (TPSA) is 75.4 Å². The lowest BCUT2D eigenvalue weighted by molar-refractivity contribution is -0.133. The first-order valence-corrected chi connectivity index (χ1v) is 8.40. The zero-order chi connectivity index (χ0) is 15.2. The molecule has 2 amide bonds. The highest BCUT2D eigenvalue weighted by molar-refractivity contribution is 5.81. The van der Waals surface area contributed by atoms with Crippen molar-refractivity contribution in [1.82, 2.24) is 10.2 Å². The lowest BCUT2D eigenvalue weighted by Crippen LogP contribution is -2.48. The van der Waals surface area contributed by atoms with Gasteiger partial charge >= 0.3 is 0 Å². The second-order valence-corrected chi connectivity index (χ2v) is 6.69. The van der Waals surface area contributed by atoms with E-state index < -0.39 is 0 Å². The molecule has 5 nitrogen and oxygen atoms in total. The van der Waals surface area contributed by atoms with Crippen LogP contribution in [0.4, 0.5) is 0 Å². The van der Waals surface area contributed by atoms with Gasteiger partial charge in [-0.15, -0.1) is 0 Å². The van der Waals surface area contributed by atoms with Crippen molar-refractivity contribution in [3.8, 4) is 0 Å². The SMILES string of the molecule is CC(CC(=O)N1CCCC(N)C1)NC(=O)C1CCCCC1. The maximum absolute atomic E-state index is 12.2. The number of likely N-dealkylation sites (tertiary alicyclic amines) is 1. The molecule has 0 bridgehead atoms. The predicted octanol–water partition coefficient (Wildman–Crippen LogP) is 1.41. The zero-order valence-corrected chi connectivity index (χ0v) is 13.1. The Morgan fingerprint density at radius 3 is 2.57 bits per heavy atom. The number of nitrogens with two attached hydrogens (primary N) is 1. The lowest BCUT2D eigenvalue weighted by Gasteiger charge is -2.32. The summed E-state index contributed by atoms with van der Waals surface area (Å²) in [6.45, 7) is 3.38. The zero-order valence-electron chi connectivity index (χ0n) is 13.1. The number of nitrogens with one attached hydrogen (secondary N) is 1. The Hall–Kier alpha value is -1.10. The average molecular weight is 295 g/mol. The fourth-order valence-electron chi connectivity index (χ4n) is 3.40. The van der Waals surface area contributed by atoms with Crippen LogP contribution < -0.4 is 11.1 Å². The summed E-state index contributed by atoms with van der Waals surface area (Å²) in [5.41, 5.74) is 5.91. The van der Waals surface area contributed by atoms with Gasteiger partial charge in [0, 0.05) is 37.5 Å². The number of carbonyl (C=O) groups excluding carboxylic acids is 2. The molecule has 0 radical (unpaired) electrons. The summed E-state index contributed by atoms with van der Waals surface area (Å²) in [5, 5.41) is 3.01. The van der Waals surface area contributed by atoms with Crippen LogP contribution in [0.1, 0.15) is 58.3 Å². The summed E-state index contributed by atoms with van der Waals surface area (Å²) in [5.74, 6) is 0.395. The van der Waals surface area contributed by atoms with Gasteiger partial charge in [0.15, 0.2) is 0 Å². The summed E-state index contributed by atoms with van der Waals surface area (Å²) < 4.78 is 0. The molecular formula is C16H29N3O2. The minimum absolute atomic E-state index is 0.0925. The van der Waals surface area contributed by atoms with E-state index in [1.807, 2.05) is 11.8 Å². The standard InChI is InChI=1S/C16H29N3O2/c1-12(18-16(21)13-6-3-2-4-7-13)10-15(20)19-9-5-8-14(17)11-19/h12-14H,2-11,17H2,1H3,(H,18,21). The first-order chi connectivity index (χ1) is 10.1. The van der Waals surface area contributed by atoms with Crippen molar-refractivity contribution in [1.29, 1.82) is 0 Å². The van der Waals surface area contributed by atoms with Gasteiger partial charge < -0.3 is 16.0 Å². The van der Waals surface area contributed by atoms with Gasteiger partial charge in [-0.2, -0.15) is 0 Å². The van der Waals surface area contributed by atoms with Gasteiger partial charge in [0.1, 0.15) is 0 Å². The summed E-state index contributed by atoms with van der Waals surface area (Å²) in [7, 11) is 0. The van der Waals surface area contributed by atoms with Crippen LogP contribution in [0.3, 0.4) is 0 Å². The van der Waals surface area contributed by atoms with E-state index in [1.54, 1.807) is 0 Å². The molecule has 2 fully saturated rings. The summed E-state index contributed by atoms with van der Waals surface area (Å²) in [6.07, 6.45) is 7.89. The highest BCUT2D eigenvalue weighted by Gasteiger charge is 2.25. The second kappa shape index (κ2) is 7.78. The molecule has 0 aromatic heterocycles. The number of carbonyl (C=O) groups is 2. The number of amides is 2. The molecule has 21 heavy (non-hydrogen) atoms. The molecular weight excluding hydrogens is 266 g/mol. The van der Waals surface area contributed by atoms with E-state index in [1.165, 1.54) is 6.42 Å². The fraction of sp³-hybridized carbons (Fsp3) is 0.875. The highest BCUT2D eigenvalue weighted by Crippen LogP contribution is 2.23. The number of hydrogen-bond acceptors (Lipinski definition) is 3. The second-order valence-electron chi connectivity index (χ2n) is 6.69. The van der Waals surface area contributed by atoms with Gasteiger partial charge in [0.2, 0.25) is 11.8 Å². The van der Waals surface area contributed by atoms with Gasteiger partial charge in [0.25, 0.3) is 0 Å². The van der Waals surface area contributed by atoms with Crippen LogP contribution in [0, 0.1) is 5.92 Å². The van der Waals surface area contributed by atoms with Gasteiger partial charge in [0.05, 0.1) is 0 Å². The van der Waals surface area contributed by atoms with E-state index in [2.05, 4.69) is 5.32 Å². The molecule has 0 aromatic rings. The predicted molar refractivity (Wildman–Crippen MR) is 82.6 cm³/mol. The van der Waals surface area contributed by atoms with Crippen molar-refractivity contribution in [3.63, 3.8) is 0 Å². The third kappa shape index (κ3) is 4.99. The van der Waals surface area contributed by atoms with Crippen LogP contribution in [0.5, 0.6) is 0 Å². The van der Waals surface area contributed by atoms with E-state index in [0.717, 1.165) is 45.1 Å². The van der Waals surface area contributed by atoms with Crippen LogP contribution in [-0.2, 0) is 9.59 Å². The molecule has 2 rings (SSSR count). The molecule has 1 heterocycles. The maximum atomic E-state index is 12.2. The van der Waals surface area contributed by atoms with E-state index in [-0.39, 0.29) is 29.8 Å². The molecule has 1 aliphatic heterocycles. The molecule has 1 saturated carbocycles. The van der Waals surface area contributed by atoms with Crippen molar-refractivity contribution >= 4 is 11.8 Å². The molecule has 1 aliphatic carbocycles. The van der Waals surface area contributed by atoms with E-state index in [4.69, 9.17) is 5.73 Å². The van der Waals surface area contributed by atoms with Crippen LogP contribution in [0.25, 0.3) is 0 Å². The number of hydrogen-bond donors (Lipinski definition) is 2. The molecule has 0 aromatic carbocycles. The Balaban J connectivity index is 1.74. The van der Waals surface area contributed by atoms with E-state index >= 15 is 0 Å². The number of rotatable bonds is 4. The molecule has 2 unspecified atom stereocenters. The molecule has 5 heteroatoms. The smallest absolute Gasteiger partial charge is 0.224 e. The van der Waals surface area contributed by atoms with Crippen molar-refractivity contribution in [2.75, 3.05) is 13.1 Å². The van der Waals surface area contributed by atoms with Crippen molar-refractivity contribution in [2.45, 2.75) is 70.4 Å². The van der Waals surface area contributed by atoms with Gasteiger partial charge in [-0.3, -0.25) is 9.59 Å². The molecule has 2 aliphatic rings. The third-order valence-corrected chi connectivity index (χ3v) is 4.66. The minimum atomic E-state index is -0.0925. The third-order valence-electron chi connectivity index (χ3n) is 4.66. The quantitative estimate of drug-likeness (QED) is 0.823. The normalized spacial score (nSPS) is 25.4. The largest absolute Gasteiger partial charge is 0.353 e. The van der Waals surface area contributed by atoms with Crippen molar-refractivity contribution in [2.24, 2.45) is 11.7 Å². The van der Waals surface area contributed by atoms with Crippen LogP contribution >= 0.6 is 0 Å². The molecule has 2 atom stereocenters. The Morgan fingerprint density at radius 2 is 1.90 bits per heavy atom. The van der Waals surface area contributed by atoms with Gasteiger partial charge in [-0.25, -0.2) is 0 Å². The molecule has 3 N–H and O–H groups in total. The summed E-state index contributed by atoms with van der Waals surface area (Å²) in [6, 6.07) is 0.0138. The molecule has 0 spiro atoms. The van der Waals surface area contributed by atoms with Crippen molar-refractivity contribution < 1.29 is 9.59 Å². The van der Waals surface area contributed by atoms with E-state index in [0.29, 0.717) is 13.0 Å². The van der Waals surface area contributed by atoms with Crippen LogP contribution in [0.2, 0.25) is 0 Å². The molecule has 120 valence electrons. The summed E-state index contributed by atoms with van der Waals surface area (Å²) in [4.78, 5) is 26.2. The fourth-order valence-corrected chi connectivity index (χ4v) is 3.40. The Morgan fingerprint density at radius 1 is 1.19 bits per heavy atom. The lowest BCUT2D eigenvalue weighted by atomic mass is 9.88. The molecule has 1 saturated heterocycles. The first-order valence-electron chi connectivity index (χ1n) is 8.40. The monoisotopic (exact) mass is 295 g/mol. The first kappa shape index (κ1) is 16.3. The Labute approximate surface area is 127 Å². The van der Waals surface area contributed by atoms with Crippen LogP contribution in [0.15, 0.2) is 0 Å². The van der Waals surface area contributed by atoms with Gasteiger partial charge in [-0.1, -0.05) is 19.3 Å². The van der Waals surface area contributed by atoms with Crippen molar-refractivity contribution in [3.05, 3.63) is 0 Å². The number of piperidine rings is 1. The summed E-state index contributed by atoms with van der Waals surface area (Å²) >= 11 is 0.